The van der Waals surface area contributed by atoms with E-state index in [0.717, 1.165) is 0 Å². The Balaban J connectivity index is 1.63. The number of benzene rings is 2. The van der Waals surface area contributed by atoms with Gasteiger partial charge >= 0.3 is 12.1 Å². The van der Waals surface area contributed by atoms with E-state index in [9.17, 15) is 14.0 Å². The minimum Gasteiger partial charge on any atom is -0.497 e. The molecule has 1 fully saturated rings. The molecule has 0 bridgehead atoms. The molecule has 0 atom stereocenters. The summed E-state index contributed by atoms with van der Waals surface area (Å²) >= 11 is 1.25. The minimum atomic E-state index is -0.478. The van der Waals surface area contributed by atoms with Gasteiger partial charge in [-0.15, -0.1) is 11.3 Å². The second kappa shape index (κ2) is 10.4. The minimum absolute atomic E-state index is 0.114. The summed E-state index contributed by atoms with van der Waals surface area (Å²) in [5, 5.41) is 4.97. The highest BCUT2D eigenvalue weighted by atomic mass is 32.1. The fraction of sp³-hybridized carbons (Fsp3) is 0.261. The second-order valence-corrected chi connectivity index (χ2v) is 8.16. The first-order chi connectivity index (χ1) is 16.5. The molecule has 0 aliphatic carbocycles. The smallest absolute Gasteiger partial charge is 0.410 e. The first-order valence-electron chi connectivity index (χ1n) is 10.4. The quantitative estimate of drug-likeness (QED) is 0.510. The SMILES string of the molecule is COc1ccc(N(C(=O)NCc2cccc(F)c2)c2nc(CN3CCOC3=O)cs2)c(OC)c1. The summed E-state index contributed by atoms with van der Waals surface area (Å²) in [4.78, 5) is 32.6. The highest BCUT2D eigenvalue weighted by molar-refractivity contribution is 7.14. The molecule has 11 heteroatoms. The molecule has 3 aromatic rings. The summed E-state index contributed by atoms with van der Waals surface area (Å²) in [6, 6.07) is 10.6. The Morgan fingerprint density at radius 3 is 2.82 bits per heavy atom. The Hall–Kier alpha value is -3.86. The van der Waals surface area contributed by atoms with Crippen molar-refractivity contribution in [1.82, 2.24) is 15.2 Å². The van der Waals surface area contributed by atoms with Crippen molar-refractivity contribution in [3.05, 3.63) is 64.9 Å². The number of hydrogen-bond donors (Lipinski definition) is 1. The largest absolute Gasteiger partial charge is 0.497 e. The van der Waals surface area contributed by atoms with Crippen LogP contribution in [-0.2, 0) is 17.8 Å². The maximum atomic E-state index is 13.6. The third-order valence-electron chi connectivity index (χ3n) is 5.09. The highest BCUT2D eigenvalue weighted by Crippen LogP contribution is 2.38. The lowest BCUT2D eigenvalue weighted by Crippen LogP contribution is -2.36. The fourth-order valence-electron chi connectivity index (χ4n) is 3.41. The molecule has 1 aromatic heterocycles. The fourth-order valence-corrected chi connectivity index (χ4v) is 4.23. The van der Waals surface area contributed by atoms with Crippen molar-refractivity contribution in [3.8, 4) is 11.5 Å². The van der Waals surface area contributed by atoms with Gasteiger partial charge < -0.3 is 19.5 Å². The lowest BCUT2D eigenvalue weighted by molar-refractivity contribution is 0.157. The van der Waals surface area contributed by atoms with Crippen LogP contribution in [0.3, 0.4) is 0 Å². The van der Waals surface area contributed by atoms with Gasteiger partial charge in [-0.2, -0.15) is 0 Å². The monoisotopic (exact) mass is 486 g/mol. The van der Waals surface area contributed by atoms with Gasteiger partial charge in [0.2, 0.25) is 0 Å². The normalized spacial score (nSPS) is 12.9. The summed E-state index contributed by atoms with van der Waals surface area (Å²) < 4.78 is 29.3. The summed E-state index contributed by atoms with van der Waals surface area (Å²) in [5.74, 6) is 0.582. The molecule has 34 heavy (non-hydrogen) atoms. The topological polar surface area (TPSA) is 93.2 Å². The van der Waals surface area contributed by atoms with Crippen LogP contribution in [0.2, 0.25) is 0 Å². The van der Waals surface area contributed by atoms with Crippen molar-refractivity contribution in [1.29, 1.82) is 0 Å². The Morgan fingerprint density at radius 2 is 2.12 bits per heavy atom. The summed E-state index contributed by atoms with van der Waals surface area (Å²) in [7, 11) is 3.03. The van der Waals surface area contributed by atoms with E-state index in [1.807, 2.05) is 0 Å². The zero-order valence-corrected chi connectivity index (χ0v) is 19.4. The number of nitrogens with zero attached hydrogens (tertiary/aromatic N) is 3. The predicted octanol–water partition coefficient (Wildman–Crippen LogP) is 4.30. The average molecular weight is 487 g/mol. The van der Waals surface area contributed by atoms with Crippen LogP contribution in [0.25, 0.3) is 0 Å². The molecule has 2 heterocycles. The van der Waals surface area contributed by atoms with Gasteiger partial charge in [0.05, 0.1) is 38.7 Å². The highest BCUT2D eigenvalue weighted by Gasteiger charge is 2.27. The van der Waals surface area contributed by atoms with Crippen LogP contribution in [0.1, 0.15) is 11.3 Å². The number of hydrogen-bond acceptors (Lipinski definition) is 7. The number of cyclic esters (lactones) is 1. The number of rotatable bonds is 8. The molecular formula is C23H23FN4O5S. The van der Waals surface area contributed by atoms with Crippen LogP contribution < -0.4 is 19.7 Å². The number of halogens is 1. The van der Waals surface area contributed by atoms with Crippen LogP contribution in [-0.4, -0.2) is 49.4 Å². The third kappa shape index (κ3) is 5.20. The van der Waals surface area contributed by atoms with Gasteiger partial charge in [-0.05, 0) is 29.8 Å². The van der Waals surface area contributed by atoms with Crippen molar-refractivity contribution in [3.63, 3.8) is 0 Å². The van der Waals surface area contributed by atoms with Gasteiger partial charge in [0.1, 0.15) is 23.9 Å². The maximum Gasteiger partial charge on any atom is 0.410 e. The van der Waals surface area contributed by atoms with E-state index in [0.29, 0.717) is 46.7 Å². The molecule has 0 saturated carbocycles. The molecule has 9 nitrogen and oxygen atoms in total. The predicted molar refractivity (Wildman–Crippen MR) is 124 cm³/mol. The molecule has 1 aliphatic heterocycles. The number of anilines is 2. The number of amides is 3. The zero-order valence-electron chi connectivity index (χ0n) is 18.6. The van der Waals surface area contributed by atoms with Gasteiger partial charge in [-0.1, -0.05) is 12.1 Å². The van der Waals surface area contributed by atoms with Gasteiger partial charge in [0.25, 0.3) is 0 Å². The first-order valence-corrected chi connectivity index (χ1v) is 11.3. The van der Waals surface area contributed by atoms with Crippen LogP contribution in [0.15, 0.2) is 47.8 Å². The van der Waals surface area contributed by atoms with Crippen LogP contribution >= 0.6 is 11.3 Å². The number of nitrogens with one attached hydrogen (secondary N) is 1. The summed E-state index contributed by atoms with van der Waals surface area (Å²) in [6.45, 7) is 1.21. The van der Waals surface area contributed by atoms with Gasteiger partial charge in [0, 0.05) is 18.0 Å². The molecule has 3 amide bonds. The van der Waals surface area contributed by atoms with E-state index in [-0.39, 0.29) is 18.9 Å². The molecule has 0 spiro atoms. The average Bonchev–Trinajstić information content (AvgIpc) is 3.47. The van der Waals surface area contributed by atoms with Crippen LogP contribution in [0.4, 0.5) is 24.8 Å². The van der Waals surface area contributed by atoms with E-state index in [4.69, 9.17) is 14.2 Å². The molecule has 2 aromatic carbocycles. The molecule has 1 aliphatic rings. The first kappa shape index (κ1) is 23.3. The standard InChI is InChI=1S/C23H23FN4O5S/c1-31-18-6-7-19(20(11-18)32-2)28(21(29)25-12-15-4-3-5-16(24)10-15)22-26-17(14-34-22)13-27-8-9-33-23(27)30/h3-7,10-11,14H,8-9,12-13H2,1-2H3,(H,25,29). The lowest BCUT2D eigenvalue weighted by Gasteiger charge is -2.23. The second-order valence-electron chi connectivity index (χ2n) is 7.32. The van der Waals surface area contributed by atoms with Crippen molar-refractivity contribution in [2.45, 2.75) is 13.1 Å². The molecule has 0 radical (unpaired) electrons. The molecule has 178 valence electrons. The maximum absolute atomic E-state index is 13.6. The molecule has 1 N–H and O–H groups in total. The van der Waals surface area contributed by atoms with E-state index >= 15 is 0 Å². The number of thiazole rings is 1. The number of ether oxygens (including phenoxy) is 3. The molecule has 1 saturated heterocycles. The van der Waals surface area contributed by atoms with Gasteiger partial charge in [0.15, 0.2) is 5.13 Å². The van der Waals surface area contributed by atoms with Crippen molar-refractivity contribution in [2.24, 2.45) is 0 Å². The Kier molecular flexibility index (Phi) is 7.12. The Bertz CT molecular complexity index is 1190. The summed E-state index contributed by atoms with van der Waals surface area (Å²) in [5.41, 5.74) is 1.68. The van der Waals surface area contributed by atoms with E-state index in [1.54, 1.807) is 40.6 Å². The molecule has 4 rings (SSSR count). The summed E-state index contributed by atoms with van der Waals surface area (Å²) in [6.07, 6.45) is -0.393. The van der Waals surface area contributed by atoms with E-state index in [1.165, 1.54) is 42.6 Å². The molecule has 0 unspecified atom stereocenters. The number of carbonyl (C=O) groups excluding carboxylic acids is 2. The van der Waals surface area contributed by atoms with Crippen LogP contribution in [0.5, 0.6) is 11.5 Å². The zero-order chi connectivity index (χ0) is 24.1. The molecular weight excluding hydrogens is 463 g/mol. The van der Waals surface area contributed by atoms with Crippen molar-refractivity contribution >= 4 is 34.3 Å². The third-order valence-corrected chi connectivity index (χ3v) is 5.97. The Labute approximate surface area is 199 Å². The van der Waals surface area contributed by atoms with E-state index in [2.05, 4.69) is 10.3 Å². The number of urea groups is 1. The van der Waals surface area contributed by atoms with E-state index < -0.39 is 12.1 Å². The van der Waals surface area contributed by atoms with Gasteiger partial charge in [-0.3, -0.25) is 4.90 Å². The number of methoxy groups -OCH3 is 2. The van der Waals surface area contributed by atoms with Crippen LogP contribution in [0, 0.1) is 5.82 Å². The number of carbonyl (C=O) groups is 2. The lowest BCUT2D eigenvalue weighted by atomic mass is 10.2. The van der Waals surface area contributed by atoms with Gasteiger partial charge in [-0.25, -0.2) is 23.9 Å². The van der Waals surface area contributed by atoms with Crippen molar-refractivity contribution in [2.75, 3.05) is 32.3 Å². The van der Waals surface area contributed by atoms with Crippen molar-refractivity contribution < 1.29 is 28.2 Å². The number of aromatic nitrogens is 1. The Morgan fingerprint density at radius 1 is 1.26 bits per heavy atom.